The third-order valence-corrected chi connectivity index (χ3v) is 5.88. The highest BCUT2D eigenvalue weighted by atomic mass is 79.9. The molecule has 3 heteroatoms. The van der Waals surface area contributed by atoms with Crippen molar-refractivity contribution in [3.05, 3.63) is 22.4 Å². The first kappa shape index (κ1) is 17.7. The van der Waals surface area contributed by atoms with Crippen LogP contribution in [0.4, 0.5) is 0 Å². The predicted octanol–water partition coefficient (Wildman–Crippen LogP) is 6.96. The fourth-order valence-electron chi connectivity index (χ4n) is 2.24. The molecule has 1 aromatic heterocycles. The average molecular weight is 410 g/mol. The van der Waals surface area contributed by atoms with Gasteiger partial charge in [-0.2, -0.15) is 11.3 Å². The monoisotopic (exact) mass is 408 g/mol. The quantitative estimate of drug-likeness (QED) is 0.273. The lowest BCUT2D eigenvalue weighted by Gasteiger charge is -2.13. The van der Waals surface area contributed by atoms with Gasteiger partial charge in [0.25, 0.3) is 0 Å². The van der Waals surface area contributed by atoms with E-state index in [-0.39, 0.29) is 0 Å². The van der Waals surface area contributed by atoms with E-state index in [1.54, 1.807) is 11.3 Å². The van der Waals surface area contributed by atoms with E-state index in [4.69, 9.17) is 0 Å². The van der Waals surface area contributed by atoms with E-state index in [1.807, 2.05) is 0 Å². The second-order valence-electron chi connectivity index (χ2n) is 5.31. The largest absolute Gasteiger partial charge is 0.152 e. The van der Waals surface area contributed by atoms with Crippen LogP contribution in [0, 0.1) is 0 Å². The van der Waals surface area contributed by atoms with Gasteiger partial charge in [0.1, 0.15) is 0 Å². The summed E-state index contributed by atoms with van der Waals surface area (Å²) >= 11 is 9.44. The number of alkyl halides is 2. The topological polar surface area (TPSA) is 0 Å². The maximum atomic E-state index is 3.83. The van der Waals surface area contributed by atoms with Gasteiger partial charge in [-0.15, -0.1) is 0 Å². The number of hydrogen-bond donors (Lipinski definition) is 0. The number of unbranched alkanes of at least 4 members (excludes halogenated alkanes) is 4. The van der Waals surface area contributed by atoms with Gasteiger partial charge in [0.05, 0.1) is 0 Å². The molecule has 0 saturated heterocycles. The van der Waals surface area contributed by atoms with E-state index in [2.05, 4.69) is 55.6 Å². The van der Waals surface area contributed by atoms with Gasteiger partial charge in [0.2, 0.25) is 0 Å². The Morgan fingerprint density at radius 1 is 1.00 bits per heavy atom. The maximum absolute atomic E-state index is 3.83. The molecule has 110 valence electrons. The van der Waals surface area contributed by atoms with E-state index >= 15 is 0 Å². The number of thiophene rings is 1. The van der Waals surface area contributed by atoms with Crippen LogP contribution in [0.2, 0.25) is 0 Å². The second-order valence-corrected chi connectivity index (χ2v) is 8.68. The van der Waals surface area contributed by atoms with Crippen molar-refractivity contribution in [2.75, 3.05) is 0 Å². The molecular formula is C16H26Br2S. The van der Waals surface area contributed by atoms with E-state index in [0.717, 1.165) is 0 Å². The zero-order valence-electron chi connectivity index (χ0n) is 11.9. The first-order valence-electron chi connectivity index (χ1n) is 7.51. The summed E-state index contributed by atoms with van der Waals surface area (Å²) in [4.78, 5) is 1.33. The Kier molecular flexibility index (Phi) is 10.6. The van der Waals surface area contributed by atoms with Crippen molar-refractivity contribution in [3.63, 3.8) is 0 Å². The standard InChI is InChI=1S/C16H26Br2S/c1-2-3-4-5-6-7-15(17)8-9-16(18)12-14-10-11-19-13-14/h10-11,13,15-16H,2-9,12H2,1H3. The molecule has 0 aliphatic carbocycles. The molecule has 0 saturated carbocycles. The molecular weight excluding hydrogens is 384 g/mol. The van der Waals surface area contributed by atoms with Gasteiger partial charge in [-0.05, 0) is 48.1 Å². The third kappa shape index (κ3) is 9.25. The minimum atomic E-state index is 0.627. The lowest BCUT2D eigenvalue weighted by Crippen LogP contribution is -2.06. The maximum Gasteiger partial charge on any atom is 0.0186 e. The van der Waals surface area contributed by atoms with Crippen molar-refractivity contribution in [2.24, 2.45) is 0 Å². The molecule has 1 aromatic rings. The van der Waals surface area contributed by atoms with Crippen LogP contribution in [0.1, 0.15) is 63.9 Å². The Hall–Kier alpha value is 0.660. The molecule has 0 spiro atoms. The molecule has 1 heterocycles. The Balaban J connectivity index is 2.01. The lowest BCUT2D eigenvalue weighted by molar-refractivity contribution is 0.574. The smallest absolute Gasteiger partial charge is 0.0186 e. The highest BCUT2D eigenvalue weighted by Crippen LogP contribution is 2.22. The molecule has 0 nitrogen and oxygen atoms in total. The molecule has 0 fully saturated rings. The zero-order valence-corrected chi connectivity index (χ0v) is 15.9. The second kappa shape index (κ2) is 11.3. The Morgan fingerprint density at radius 2 is 1.74 bits per heavy atom. The van der Waals surface area contributed by atoms with Crippen molar-refractivity contribution in [1.82, 2.24) is 0 Å². The van der Waals surface area contributed by atoms with Gasteiger partial charge in [-0.1, -0.05) is 70.9 Å². The summed E-state index contributed by atoms with van der Waals surface area (Å²) < 4.78 is 0. The van der Waals surface area contributed by atoms with Crippen molar-refractivity contribution >= 4 is 43.2 Å². The van der Waals surface area contributed by atoms with Gasteiger partial charge in [0.15, 0.2) is 0 Å². The highest BCUT2D eigenvalue weighted by Gasteiger charge is 2.10. The molecule has 0 aromatic carbocycles. The molecule has 0 amide bonds. The number of hydrogen-bond acceptors (Lipinski definition) is 1. The van der Waals surface area contributed by atoms with Crippen LogP contribution in [0.15, 0.2) is 16.8 Å². The van der Waals surface area contributed by atoms with E-state index in [0.29, 0.717) is 9.65 Å². The highest BCUT2D eigenvalue weighted by molar-refractivity contribution is 9.09. The minimum Gasteiger partial charge on any atom is -0.152 e. The fourth-order valence-corrected chi connectivity index (χ4v) is 4.15. The normalized spacial score (nSPS) is 14.5. The van der Waals surface area contributed by atoms with E-state index in [9.17, 15) is 0 Å². The summed E-state index contributed by atoms with van der Waals surface area (Å²) in [5, 5.41) is 4.42. The zero-order chi connectivity index (χ0) is 13.9. The van der Waals surface area contributed by atoms with Gasteiger partial charge in [-0.25, -0.2) is 0 Å². The number of halogens is 2. The Morgan fingerprint density at radius 3 is 2.42 bits per heavy atom. The van der Waals surface area contributed by atoms with Crippen LogP contribution in [0.25, 0.3) is 0 Å². The van der Waals surface area contributed by atoms with Crippen LogP contribution in [0.5, 0.6) is 0 Å². The summed E-state index contributed by atoms with van der Waals surface area (Å²) in [5.74, 6) is 0. The van der Waals surface area contributed by atoms with Crippen LogP contribution < -0.4 is 0 Å². The summed E-state index contributed by atoms with van der Waals surface area (Å²) in [7, 11) is 0. The van der Waals surface area contributed by atoms with Crippen LogP contribution >= 0.6 is 43.2 Å². The van der Waals surface area contributed by atoms with Crippen molar-refractivity contribution in [2.45, 2.75) is 74.4 Å². The minimum absolute atomic E-state index is 0.627. The predicted molar refractivity (Wildman–Crippen MR) is 96.1 cm³/mol. The molecule has 2 unspecified atom stereocenters. The van der Waals surface area contributed by atoms with Crippen molar-refractivity contribution < 1.29 is 0 Å². The summed E-state index contributed by atoms with van der Waals surface area (Å²) in [6.07, 6.45) is 12.0. The van der Waals surface area contributed by atoms with Crippen LogP contribution in [-0.2, 0) is 6.42 Å². The molecule has 1 rings (SSSR count). The Bertz CT molecular complexity index is 298. The van der Waals surface area contributed by atoms with Crippen LogP contribution in [-0.4, -0.2) is 9.65 Å². The SMILES string of the molecule is CCCCCCCC(Br)CCC(Br)Cc1ccsc1. The first-order chi connectivity index (χ1) is 9.22. The van der Waals surface area contributed by atoms with Gasteiger partial charge < -0.3 is 0 Å². The van der Waals surface area contributed by atoms with E-state index in [1.165, 1.54) is 63.4 Å². The number of rotatable bonds is 11. The molecule has 19 heavy (non-hydrogen) atoms. The molecule has 0 aliphatic heterocycles. The van der Waals surface area contributed by atoms with Crippen molar-refractivity contribution in [1.29, 1.82) is 0 Å². The lowest BCUT2D eigenvalue weighted by atomic mass is 10.0. The first-order valence-corrected chi connectivity index (χ1v) is 10.3. The molecule has 0 aliphatic rings. The summed E-state index contributed by atoms with van der Waals surface area (Å²) in [6, 6.07) is 2.23. The van der Waals surface area contributed by atoms with E-state index < -0.39 is 0 Å². The molecule has 2 atom stereocenters. The third-order valence-electron chi connectivity index (χ3n) is 3.45. The fraction of sp³-hybridized carbons (Fsp3) is 0.750. The van der Waals surface area contributed by atoms with Gasteiger partial charge in [-0.3, -0.25) is 0 Å². The van der Waals surface area contributed by atoms with Crippen LogP contribution in [0.3, 0.4) is 0 Å². The molecule has 0 N–H and O–H groups in total. The van der Waals surface area contributed by atoms with Gasteiger partial charge >= 0.3 is 0 Å². The summed E-state index contributed by atoms with van der Waals surface area (Å²) in [6.45, 7) is 2.27. The van der Waals surface area contributed by atoms with Crippen molar-refractivity contribution in [3.8, 4) is 0 Å². The molecule has 0 radical (unpaired) electrons. The summed E-state index contributed by atoms with van der Waals surface area (Å²) in [5.41, 5.74) is 1.47. The molecule has 0 bridgehead atoms. The average Bonchev–Trinajstić information content (AvgIpc) is 2.89. The Labute approximate surface area is 139 Å². The van der Waals surface area contributed by atoms with Gasteiger partial charge in [0, 0.05) is 9.65 Å².